The number of likely N-dealkylation sites (N-methyl/N-ethyl adjacent to an activating group) is 1. The molecule has 64 valence electrons. The molecular weight excluding hydrogens is 146 g/mol. The van der Waals surface area contributed by atoms with Crippen molar-refractivity contribution in [2.45, 2.75) is 19.9 Å². The molecule has 0 aliphatic rings. The second kappa shape index (κ2) is 3.90. The normalized spacial score (nSPS) is 12.7. The molecule has 0 aromatic carbocycles. The minimum absolute atomic E-state index is 0.00444. The van der Waals surface area contributed by atoms with E-state index in [1.165, 1.54) is 7.05 Å². The summed E-state index contributed by atoms with van der Waals surface area (Å²) in [5.41, 5.74) is 5.03. The van der Waals surface area contributed by atoms with Gasteiger partial charge >= 0.3 is 0 Å². The summed E-state index contributed by atoms with van der Waals surface area (Å²) in [7, 11) is 1.43. The monoisotopic (exact) mass is 159 g/mol. The maximum atomic E-state index is 10.7. The van der Waals surface area contributed by atoms with Gasteiger partial charge in [-0.25, -0.2) is 0 Å². The predicted octanol–water partition coefficient (Wildman–Crippen LogP) is 0.110. The minimum Gasteiger partial charge on any atom is -0.368 e. The second-order valence-electron chi connectivity index (χ2n) is 2.75. The van der Waals surface area contributed by atoms with Crippen LogP contribution in [0, 0.1) is 10.8 Å². The third kappa shape index (κ3) is 2.53. The Hall–Kier alpha value is -1.13. The summed E-state index contributed by atoms with van der Waals surface area (Å²) < 4.78 is 0. The van der Waals surface area contributed by atoms with E-state index in [1.54, 1.807) is 13.8 Å². The Kier molecular flexibility index (Phi) is 3.50. The van der Waals surface area contributed by atoms with Crippen LogP contribution >= 0.6 is 0 Å². The van der Waals surface area contributed by atoms with Gasteiger partial charge in [-0.2, -0.15) is 0 Å². The highest BCUT2D eigenvalue weighted by atomic mass is 16.3. The van der Waals surface area contributed by atoms with Crippen LogP contribution in [0.2, 0.25) is 0 Å². The Bertz CT molecular complexity index is 158. The standard InChI is InChI=1S/C6H13N3O2/c1-4(2)5(6(7)10)9(3)8-11/h4-5H,1-3H3,(H2,7,10). The lowest BCUT2D eigenvalue weighted by Gasteiger charge is -2.22. The first-order chi connectivity index (χ1) is 5.00. The van der Waals surface area contributed by atoms with Gasteiger partial charge in [0.05, 0.1) is 5.29 Å². The smallest absolute Gasteiger partial charge is 0.242 e. The molecule has 11 heavy (non-hydrogen) atoms. The molecule has 5 heteroatoms. The van der Waals surface area contributed by atoms with Gasteiger partial charge < -0.3 is 5.73 Å². The van der Waals surface area contributed by atoms with Crippen LogP contribution in [-0.2, 0) is 4.79 Å². The molecule has 1 unspecified atom stereocenters. The number of amides is 1. The molecule has 0 aromatic rings. The van der Waals surface area contributed by atoms with Crippen LogP contribution in [0.4, 0.5) is 0 Å². The number of primary amides is 1. The molecule has 0 saturated carbocycles. The first-order valence-corrected chi connectivity index (χ1v) is 3.36. The number of nitrogens with zero attached hydrogens (tertiary/aromatic N) is 2. The van der Waals surface area contributed by atoms with E-state index in [2.05, 4.69) is 5.29 Å². The molecule has 0 aliphatic carbocycles. The molecule has 0 heterocycles. The summed E-state index contributed by atoms with van der Waals surface area (Å²) >= 11 is 0. The maximum Gasteiger partial charge on any atom is 0.242 e. The van der Waals surface area contributed by atoms with E-state index in [0.29, 0.717) is 0 Å². The van der Waals surface area contributed by atoms with Crippen molar-refractivity contribution in [3.63, 3.8) is 0 Å². The van der Waals surface area contributed by atoms with Gasteiger partial charge in [0.1, 0.15) is 6.04 Å². The van der Waals surface area contributed by atoms with E-state index in [-0.39, 0.29) is 5.92 Å². The highest BCUT2D eigenvalue weighted by molar-refractivity contribution is 5.80. The summed E-state index contributed by atoms with van der Waals surface area (Å²) in [5.74, 6) is -0.530. The van der Waals surface area contributed by atoms with Gasteiger partial charge in [-0.05, 0) is 5.92 Å². The fourth-order valence-electron chi connectivity index (χ4n) is 0.995. The Morgan fingerprint density at radius 1 is 1.55 bits per heavy atom. The van der Waals surface area contributed by atoms with Gasteiger partial charge in [-0.1, -0.05) is 13.8 Å². The van der Waals surface area contributed by atoms with Crippen molar-refractivity contribution < 1.29 is 4.79 Å². The Morgan fingerprint density at radius 3 is 2.09 bits per heavy atom. The second-order valence-corrected chi connectivity index (χ2v) is 2.75. The van der Waals surface area contributed by atoms with Crippen LogP contribution in [0.3, 0.4) is 0 Å². The molecule has 0 bridgehead atoms. The molecule has 1 amide bonds. The lowest BCUT2D eigenvalue weighted by atomic mass is 10.0. The lowest BCUT2D eigenvalue weighted by molar-refractivity contribution is -0.124. The average molecular weight is 159 g/mol. The van der Waals surface area contributed by atoms with Gasteiger partial charge in [0.2, 0.25) is 5.91 Å². The zero-order chi connectivity index (χ0) is 9.02. The molecule has 5 nitrogen and oxygen atoms in total. The van der Waals surface area contributed by atoms with Crippen molar-refractivity contribution in [1.82, 2.24) is 5.01 Å². The predicted molar refractivity (Wildman–Crippen MR) is 41.4 cm³/mol. The van der Waals surface area contributed by atoms with Crippen molar-refractivity contribution in [3.8, 4) is 0 Å². The van der Waals surface area contributed by atoms with Crippen LogP contribution in [0.15, 0.2) is 5.29 Å². The Balaban J connectivity index is 4.33. The van der Waals surface area contributed by atoms with E-state index < -0.39 is 11.9 Å². The van der Waals surface area contributed by atoms with Crippen molar-refractivity contribution >= 4 is 5.91 Å². The first kappa shape index (κ1) is 9.87. The fourth-order valence-corrected chi connectivity index (χ4v) is 0.995. The lowest BCUT2D eigenvalue weighted by Crippen LogP contribution is -2.43. The molecular formula is C6H13N3O2. The summed E-state index contributed by atoms with van der Waals surface area (Å²) in [6, 6.07) is -0.604. The quantitative estimate of drug-likeness (QED) is 0.467. The zero-order valence-corrected chi connectivity index (χ0v) is 6.94. The number of carbonyl (C=O) groups excluding carboxylic acids is 1. The molecule has 0 radical (unpaired) electrons. The van der Waals surface area contributed by atoms with E-state index in [1.807, 2.05) is 0 Å². The summed E-state index contributed by atoms with van der Waals surface area (Å²) in [5, 5.41) is 3.65. The molecule has 2 N–H and O–H groups in total. The fraction of sp³-hybridized carbons (Fsp3) is 0.833. The highest BCUT2D eigenvalue weighted by Crippen LogP contribution is 2.07. The molecule has 0 saturated heterocycles. The number of rotatable bonds is 4. The zero-order valence-electron chi connectivity index (χ0n) is 6.94. The molecule has 0 aromatic heterocycles. The minimum atomic E-state index is -0.604. The topological polar surface area (TPSA) is 75.8 Å². The largest absolute Gasteiger partial charge is 0.368 e. The number of nitrogens with two attached hydrogens (primary N) is 1. The van der Waals surface area contributed by atoms with Crippen LogP contribution < -0.4 is 5.73 Å². The Morgan fingerprint density at radius 2 is 2.00 bits per heavy atom. The molecule has 0 rings (SSSR count). The maximum absolute atomic E-state index is 10.7. The molecule has 0 spiro atoms. The van der Waals surface area contributed by atoms with Crippen molar-refractivity contribution in [1.29, 1.82) is 0 Å². The van der Waals surface area contributed by atoms with Crippen LogP contribution in [0.25, 0.3) is 0 Å². The molecule has 0 fully saturated rings. The molecule has 1 atom stereocenters. The number of hydrogen-bond donors (Lipinski definition) is 1. The van der Waals surface area contributed by atoms with Crippen LogP contribution in [-0.4, -0.2) is 24.0 Å². The Labute approximate surface area is 65.5 Å². The van der Waals surface area contributed by atoms with Gasteiger partial charge in [0.15, 0.2) is 0 Å². The van der Waals surface area contributed by atoms with Gasteiger partial charge in [0, 0.05) is 7.05 Å². The van der Waals surface area contributed by atoms with Crippen LogP contribution in [0.5, 0.6) is 0 Å². The third-order valence-corrected chi connectivity index (χ3v) is 1.45. The number of carbonyl (C=O) groups is 1. The highest BCUT2D eigenvalue weighted by Gasteiger charge is 2.23. The summed E-state index contributed by atoms with van der Waals surface area (Å²) in [6.07, 6.45) is 0. The van der Waals surface area contributed by atoms with Gasteiger partial charge in [0.25, 0.3) is 0 Å². The summed E-state index contributed by atoms with van der Waals surface area (Å²) in [4.78, 5) is 20.7. The van der Waals surface area contributed by atoms with E-state index in [0.717, 1.165) is 5.01 Å². The average Bonchev–Trinajstić information content (AvgIpc) is 1.85. The van der Waals surface area contributed by atoms with Crippen LogP contribution in [0.1, 0.15) is 13.8 Å². The van der Waals surface area contributed by atoms with E-state index >= 15 is 0 Å². The van der Waals surface area contributed by atoms with Crippen molar-refractivity contribution in [2.24, 2.45) is 16.9 Å². The first-order valence-electron chi connectivity index (χ1n) is 3.36. The van der Waals surface area contributed by atoms with E-state index in [9.17, 15) is 9.70 Å². The summed E-state index contributed by atoms with van der Waals surface area (Å²) in [6.45, 7) is 3.61. The third-order valence-electron chi connectivity index (χ3n) is 1.45. The SMILES string of the molecule is CC(C)C(C(N)=O)N(C)N=O. The van der Waals surface area contributed by atoms with E-state index in [4.69, 9.17) is 5.73 Å². The number of nitroso groups, excluding NO2 is 1. The number of hydrogen-bond acceptors (Lipinski definition) is 3. The van der Waals surface area contributed by atoms with Crippen molar-refractivity contribution in [3.05, 3.63) is 4.91 Å². The van der Waals surface area contributed by atoms with Crippen molar-refractivity contribution in [2.75, 3.05) is 7.05 Å². The molecule has 0 aliphatic heterocycles. The van der Waals surface area contributed by atoms with Gasteiger partial charge in [-0.15, -0.1) is 4.91 Å². The van der Waals surface area contributed by atoms with Gasteiger partial charge in [-0.3, -0.25) is 9.80 Å².